The second-order valence-corrected chi connectivity index (χ2v) is 5.38. The molecular formula is C16H20O8. The molecule has 0 bridgehead atoms. The lowest BCUT2D eigenvalue weighted by Gasteiger charge is -2.38. The second-order valence-electron chi connectivity index (χ2n) is 5.38. The van der Waals surface area contributed by atoms with Gasteiger partial charge in [0.05, 0.1) is 13.2 Å². The maximum atomic E-state index is 11.8. The van der Waals surface area contributed by atoms with Crippen LogP contribution in [0.5, 0.6) is 11.5 Å². The van der Waals surface area contributed by atoms with Crippen LogP contribution in [0.3, 0.4) is 0 Å². The van der Waals surface area contributed by atoms with Crippen molar-refractivity contribution in [3.63, 3.8) is 0 Å². The molecule has 5 atom stereocenters. The van der Waals surface area contributed by atoms with Crippen LogP contribution in [0.2, 0.25) is 0 Å². The SMILES string of the molecule is COc1ccc(/C=C/C(=O)O[C@H]2C(O)O[C@@H](C)[C@H](O)[C@H]2O)cc1O. The zero-order valence-corrected chi connectivity index (χ0v) is 13.2. The average Bonchev–Trinajstić information content (AvgIpc) is 2.55. The van der Waals surface area contributed by atoms with Crippen molar-refractivity contribution in [3.8, 4) is 11.5 Å². The molecule has 24 heavy (non-hydrogen) atoms. The first-order valence-electron chi connectivity index (χ1n) is 7.29. The van der Waals surface area contributed by atoms with E-state index in [1.165, 1.54) is 32.2 Å². The van der Waals surface area contributed by atoms with Gasteiger partial charge in [0.15, 0.2) is 23.9 Å². The maximum Gasteiger partial charge on any atom is 0.331 e. The van der Waals surface area contributed by atoms with Crippen LogP contribution in [0.15, 0.2) is 24.3 Å². The smallest absolute Gasteiger partial charge is 0.331 e. The second kappa shape index (κ2) is 7.63. The van der Waals surface area contributed by atoms with E-state index in [1.54, 1.807) is 6.07 Å². The van der Waals surface area contributed by atoms with Gasteiger partial charge in [-0.2, -0.15) is 0 Å². The van der Waals surface area contributed by atoms with Crippen molar-refractivity contribution in [1.29, 1.82) is 0 Å². The minimum absolute atomic E-state index is 0.0864. The van der Waals surface area contributed by atoms with Crippen LogP contribution in [0, 0.1) is 0 Å². The third-order valence-corrected chi connectivity index (χ3v) is 3.67. The van der Waals surface area contributed by atoms with E-state index in [0.29, 0.717) is 11.3 Å². The Bertz CT molecular complexity index is 614. The Kier molecular flexibility index (Phi) is 5.79. The van der Waals surface area contributed by atoms with Gasteiger partial charge in [0, 0.05) is 6.08 Å². The molecule has 0 aromatic heterocycles. The van der Waals surface area contributed by atoms with E-state index in [9.17, 15) is 25.2 Å². The number of methoxy groups -OCH3 is 1. The number of ether oxygens (including phenoxy) is 3. The molecule has 8 heteroatoms. The summed E-state index contributed by atoms with van der Waals surface area (Å²) >= 11 is 0. The quantitative estimate of drug-likeness (QED) is 0.438. The summed E-state index contributed by atoms with van der Waals surface area (Å²) in [4.78, 5) is 11.8. The Morgan fingerprint density at radius 3 is 2.58 bits per heavy atom. The van der Waals surface area contributed by atoms with Crippen molar-refractivity contribution in [1.82, 2.24) is 0 Å². The standard InChI is InChI=1S/C16H20O8/c1-8-13(19)14(20)15(16(21)23-8)24-12(18)6-4-9-3-5-11(22-2)10(17)7-9/h3-8,13-17,19-21H,1-2H3/b6-4+/t8-,13-,14+,15+,16?/m0/s1. The van der Waals surface area contributed by atoms with Crippen molar-refractivity contribution >= 4 is 12.0 Å². The van der Waals surface area contributed by atoms with Gasteiger partial charge in [-0.1, -0.05) is 6.07 Å². The van der Waals surface area contributed by atoms with E-state index in [0.717, 1.165) is 6.08 Å². The first kappa shape index (κ1) is 18.2. The fourth-order valence-corrected chi connectivity index (χ4v) is 2.29. The lowest BCUT2D eigenvalue weighted by atomic mass is 10.00. The summed E-state index contributed by atoms with van der Waals surface area (Å²) in [5.74, 6) is -0.640. The molecule has 8 nitrogen and oxygen atoms in total. The Balaban J connectivity index is 2.01. The lowest BCUT2D eigenvalue weighted by molar-refractivity contribution is -0.281. The van der Waals surface area contributed by atoms with Crippen LogP contribution in [0.1, 0.15) is 12.5 Å². The van der Waals surface area contributed by atoms with Crippen LogP contribution >= 0.6 is 0 Å². The monoisotopic (exact) mass is 340 g/mol. The number of phenols is 1. The Labute approximate surface area is 138 Å². The van der Waals surface area contributed by atoms with Gasteiger partial charge in [0.1, 0.15) is 12.2 Å². The maximum absolute atomic E-state index is 11.8. The number of aromatic hydroxyl groups is 1. The minimum Gasteiger partial charge on any atom is -0.504 e. The Morgan fingerprint density at radius 1 is 1.25 bits per heavy atom. The largest absolute Gasteiger partial charge is 0.504 e. The van der Waals surface area contributed by atoms with Crippen molar-refractivity contribution in [2.75, 3.05) is 7.11 Å². The number of carbonyl (C=O) groups is 1. The van der Waals surface area contributed by atoms with Crippen LogP contribution < -0.4 is 4.74 Å². The average molecular weight is 340 g/mol. The third kappa shape index (κ3) is 4.04. The molecule has 4 N–H and O–H groups in total. The Hall–Kier alpha value is -2.13. The van der Waals surface area contributed by atoms with Crippen LogP contribution in [0.25, 0.3) is 6.08 Å². The van der Waals surface area contributed by atoms with Gasteiger partial charge >= 0.3 is 5.97 Å². The summed E-state index contributed by atoms with van der Waals surface area (Å²) in [7, 11) is 1.42. The molecule has 0 spiro atoms. The molecule has 1 aliphatic heterocycles. The molecule has 1 aromatic rings. The number of phenolic OH excluding ortho intramolecular Hbond substituents is 1. The number of carbonyl (C=O) groups excluding carboxylic acids is 1. The minimum atomic E-state index is -1.54. The predicted molar refractivity (Wildman–Crippen MR) is 82.1 cm³/mol. The van der Waals surface area contributed by atoms with Crippen molar-refractivity contribution in [2.45, 2.75) is 37.6 Å². The molecule has 1 aromatic carbocycles. The van der Waals surface area contributed by atoms with Crippen molar-refractivity contribution in [3.05, 3.63) is 29.8 Å². The molecule has 0 radical (unpaired) electrons. The number of hydrogen-bond donors (Lipinski definition) is 4. The van der Waals surface area contributed by atoms with Gasteiger partial charge in [0.2, 0.25) is 0 Å². The highest BCUT2D eigenvalue weighted by atomic mass is 16.7. The predicted octanol–water partition coefficient (Wildman–Crippen LogP) is -0.215. The summed E-state index contributed by atoms with van der Waals surface area (Å²) in [5.41, 5.74) is 0.514. The summed E-state index contributed by atoms with van der Waals surface area (Å²) < 4.78 is 14.8. The molecule has 2 rings (SSSR count). The third-order valence-electron chi connectivity index (χ3n) is 3.67. The molecular weight excluding hydrogens is 320 g/mol. The summed E-state index contributed by atoms with van der Waals surface area (Å²) in [6.07, 6.45) is -4.05. The number of aliphatic hydroxyl groups excluding tert-OH is 3. The highest BCUT2D eigenvalue weighted by molar-refractivity contribution is 5.87. The first-order valence-corrected chi connectivity index (χ1v) is 7.29. The number of esters is 1. The molecule has 1 saturated heterocycles. The summed E-state index contributed by atoms with van der Waals surface area (Å²) in [6.45, 7) is 1.48. The van der Waals surface area contributed by atoms with E-state index in [4.69, 9.17) is 14.2 Å². The van der Waals surface area contributed by atoms with Gasteiger partial charge < -0.3 is 34.6 Å². The molecule has 1 fully saturated rings. The summed E-state index contributed by atoms with van der Waals surface area (Å²) in [6, 6.07) is 4.53. The highest BCUT2D eigenvalue weighted by Gasteiger charge is 2.44. The van der Waals surface area contributed by atoms with Crippen LogP contribution in [0.4, 0.5) is 0 Å². The van der Waals surface area contributed by atoms with Crippen molar-refractivity contribution < 1.29 is 39.4 Å². The molecule has 0 aliphatic carbocycles. The lowest BCUT2D eigenvalue weighted by Crippen LogP contribution is -2.57. The van der Waals surface area contributed by atoms with E-state index in [-0.39, 0.29) is 5.75 Å². The molecule has 0 amide bonds. The van der Waals surface area contributed by atoms with E-state index in [1.807, 2.05) is 0 Å². The highest BCUT2D eigenvalue weighted by Crippen LogP contribution is 2.27. The Morgan fingerprint density at radius 2 is 1.96 bits per heavy atom. The zero-order valence-electron chi connectivity index (χ0n) is 13.2. The first-order chi connectivity index (χ1) is 11.3. The van der Waals surface area contributed by atoms with Gasteiger partial charge in [-0.3, -0.25) is 0 Å². The normalized spacial score (nSPS) is 30.3. The van der Waals surface area contributed by atoms with Crippen molar-refractivity contribution in [2.24, 2.45) is 0 Å². The fraction of sp³-hybridized carbons (Fsp3) is 0.438. The molecule has 1 aliphatic rings. The zero-order chi connectivity index (χ0) is 17.9. The van der Waals surface area contributed by atoms with E-state index < -0.39 is 36.7 Å². The van der Waals surface area contributed by atoms with Crippen LogP contribution in [-0.2, 0) is 14.3 Å². The summed E-state index contributed by atoms with van der Waals surface area (Å²) in [5, 5.41) is 38.9. The fourth-order valence-electron chi connectivity index (χ4n) is 2.29. The number of hydrogen-bond acceptors (Lipinski definition) is 8. The molecule has 0 saturated carbocycles. The molecule has 132 valence electrons. The van der Waals surface area contributed by atoms with E-state index in [2.05, 4.69) is 0 Å². The number of benzene rings is 1. The topological polar surface area (TPSA) is 126 Å². The molecule has 1 heterocycles. The van der Waals surface area contributed by atoms with Gasteiger partial charge in [0.25, 0.3) is 0 Å². The van der Waals surface area contributed by atoms with Gasteiger partial charge in [-0.15, -0.1) is 0 Å². The van der Waals surface area contributed by atoms with Gasteiger partial charge in [-0.05, 0) is 30.7 Å². The van der Waals surface area contributed by atoms with Crippen LogP contribution in [-0.4, -0.2) is 64.2 Å². The number of rotatable bonds is 4. The van der Waals surface area contributed by atoms with Gasteiger partial charge in [-0.25, -0.2) is 4.79 Å². The number of aliphatic hydroxyl groups is 3. The van der Waals surface area contributed by atoms with E-state index >= 15 is 0 Å². The molecule has 1 unspecified atom stereocenters.